The van der Waals surface area contributed by atoms with Crippen LogP contribution in [0.15, 0.2) is 21.6 Å². The quantitative estimate of drug-likeness (QED) is 0.555. The first-order valence-electron chi connectivity index (χ1n) is 2.93. The first kappa shape index (κ1) is 6.69. The molecule has 0 aliphatic rings. The molecule has 1 aromatic rings. The average Bonchev–Trinajstić information content (AvgIpc) is 2.31. The fourth-order valence-electron chi connectivity index (χ4n) is 0.626. The van der Waals surface area contributed by atoms with Crippen LogP contribution in [0.4, 0.5) is 0 Å². The molecule has 0 atom stereocenters. The van der Waals surface area contributed by atoms with E-state index < -0.39 is 0 Å². The number of hydrogen-bond donors (Lipinski definition) is 0. The first-order chi connectivity index (χ1) is 4.84. The van der Waals surface area contributed by atoms with E-state index in [0.717, 1.165) is 0 Å². The second-order valence-corrected chi connectivity index (χ2v) is 1.80. The lowest BCUT2D eigenvalue weighted by Crippen LogP contribution is -2.12. The van der Waals surface area contributed by atoms with Crippen molar-refractivity contribution in [2.45, 2.75) is 13.0 Å². The van der Waals surface area contributed by atoms with Crippen LogP contribution < -0.4 is 5.56 Å². The Bertz CT molecular complexity index is 289. The van der Waals surface area contributed by atoms with Crippen molar-refractivity contribution in [3.05, 3.63) is 22.7 Å². The van der Waals surface area contributed by atoms with Crippen molar-refractivity contribution in [1.29, 1.82) is 0 Å². The van der Waals surface area contributed by atoms with E-state index in [1.807, 2.05) is 0 Å². The van der Waals surface area contributed by atoms with E-state index in [-0.39, 0.29) is 5.56 Å². The minimum Gasteiger partial charge on any atom is -0.384 e. The summed E-state index contributed by atoms with van der Waals surface area (Å²) < 4.78 is 6.00. The summed E-state index contributed by atoms with van der Waals surface area (Å²) in [6.07, 6.45) is 6.86. The number of hydrogen-bond acceptors (Lipinski definition) is 2. The van der Waals surface area contributed by atoms with E-state index in [1.165, 1.54) is 17.1 Å². The fraction of sp³-hybridized carbons (Fsp3) is 0.286. The third-order valence-corrected chi connectivity index (χ3v) is 1.10. The number of aromatic nitrogens is 1. The molecule has 1 heterocycles. The summed E-state index contributed by atoms with van der Waals surface area (Å²) in [6, 6.07) is 1.36. The van der Waals surface area contributed by atoms with Gasteiger partial charge in [-0.25, -0.2) is 0 Å². The number of nitrogens with zero attached hydrogens (tertiary/aromatic N) is 1. The largest absolute Gasteiger partial charge is 0.384 e. The first-order valence-corrected chi connectivity index (χ1v) is 2.93. The summed E-state index contributed by atoms with van der Waals surface area (Å²) in [5.41, 5.74) is -0.143. The average molecular weight is 137 g/mol. The van der Waals surface area contributed by atoms with Gasteiger partial charge in [0, 0.05) is 12.5 Å². The van der Waals surface area contributed by atoms with Gasteiger partial charge in [0.2, 0.25) is 0 Å². The maximum atomic E-state index is 10.7. The lowest BCUT2D eigenvalue weighted by atomic mass is 10.4. The zero-order valence-electron chi connectivity index (χ0n) is 5.41. The molecule has 0 unspecified atom stereocenters. The molecule has 0 aromatic carbocycles. The molecule has 0 radical (unpaired) electrons. The lowest BCUT2D eigenvalue weighted by molar-refractivity contribution is 0.263. The Hall–Kier alpha value is -1.43. The van der Waals surface area contributed by atoms with Crippen molar-refractivity contribution >= 4 is 0 Å². The Morgan fingerprint density at radius 2 is 2.60 bits per heavy atom. The van der Waals surface area contributed by atoms with Gasteiger partial charge in [-0.2, -0.15) is 4.74 Å². The number of rotatable bonds is 2. The van der Waals surface area contributed by atoms with Crippen LogP contribution in [-0.4, -0.2) is 4.74 Å². The minimum atomic E-state index is -0.143. The molecule has 0 bridgehead atoms. The normalized spacial score (nSPS) is 9.10. The fourth-order valence-corrected chi connectivity index (χ4v) is 0.626. The summed E-state index contributed by atoms with van der Waals surface area (Å²) >= 11 is 0. The van der Waals surface area contributed by atoms with Crippen LogP contribution >= 0.6 is 0 Å². The highest BCUT2D eigenvalue weighted by atomic mass is 16.5. The lowest BCUT2D eigenvalue weighted by Gasteiger charge is -1.91. The zero-order valence-corrected chi connectivity index (χ0v) is 5.41. The van der Waals surface area contributed by atoms with E-state index in [9.17, 15) is 4.79 Å². The van der Waals surface area contributed by atoms with Crippen LogP contribution in [0.25, 0.3) is 0 Å². The van der Waals surface area contributed by atoms with Gasteiger partial charge in [-0.1, -0.05) is 0 Å². The molecule has 0 N–H and O–H groups in total. The van der Waals surface area contributed by atoms with Gasteiger partial charge >= 0.3 is 0 Å². The second-order valence-electron chi connectivity index (χ2n) is 1.80. The molecule has 3 nitrogen and oxygen atoms in total. The Labute approximate surface area is 58.2 Å². The van der Waals surface area contributed by atoms with Gasteiger partial charge in [-0.3, -0.25) is 4.79 Å². The van der Waals surface area contributed by atoms with E-state index >= 15 is 0 Å². The highest BCUT2D eigenvalue weighted by molar-refractivity contribution is 4.84. The minimum absolute atomic E-state index is 0.143. The van der Waals surface area contributed by atoms with E-state index in [2.05, 4.69) is 5.92 Å². The summed E-state index contributed by atoms with van der Waals surface area (Å²) in [4.78, 5) is 10.7. The van der Waals surface area contributed by atoms with E-state index in [1.54, 1.807) is 0 Å². The maximum absolute atomic E-state index is 10.7. The molecule has 52 valence electrons. The van der Waals surface area contributed by atoms with Gasteiger partial charge < -0.3 is 4.52 Å². The van der Waals surface area contributed by atoms with Crippen molar-refractivity contribution in [3.8, 4) is 12.3 Å². The highest BCUT2D eigenvalue weighted by Crippen LogP contribution is 1.84. The molecule has 10 heavy (non-hydrogen) atoms. The van der Waals surface area contributed by atoms with Crippen LogP contribution in [0.3, 0.4) is 0 Å². The second kappa shape index (κ2) is 2.92. The van der Waals surface area contributed by atoms with Crippen molar-refractivity contribution < 1.29 is 4.52 Å². The van der Waals surface area contributed by atoms with Gasteiger partial charge in [0.05, 0.1) is 6.54 Å². The molecule has 1 aromatic heterocycles. The number of terminal acetylenes is 1. The Morgan fingerprint density at radius 3 is 3.10 bits per heavy atom. The SMILES string of the molecule is C#CCCn1occc1=O. The van der Waals surface area contributed by atoms with Crippen molar-refractivity contribution in [2.24, 2.45) is 0 Å². The van der Waals surface area contributed by atoms with Gasteiger partial charge in [0.25, 0.3) is 5.56 Å². The molecule has 0 fully saturated rings. The van der Waals surface area contributed by atoms with E-state index in [0.29, 0.717) is 13.0 Å². The van der Waals surface area contributed by atoms with Gasteiger partial charge in [0.1, 0.15) is 6.26 Å². The summed E-state index contributed by atoms with van der Waals surface area (Å²) in [5.74, 6) is 2.41. The summed E-state index contributed by atoms with van der Waals surface area (Å²) in [7, 11) is 0. The molecule has 0 aliphatic carbocycles. The summed E-state index contributed by atoms with van der Waals surface area (Å²) in [6.45, 7) is 0.461. The van der Waals surface area contributed by atoms with E-state index in [4.69, 9.17) is 10.9 Å². The van der Waals surface area contributed by atoms with Gasteiger partial charge in [-0.05, 0) is 0 Å². The molecule has 1 rings (SSSR count). The van der Waals surface area contributed by atoms with Crippen LogP contribution in [0, 0.1) is 12.3 Å². The van der Waals surface area contributed by atoms with Crippen LogP contribution in [-0.2, 0) is 6.54 Å². The summed E-state index contributed by atoms with van der Waals surface area (Å²) in [5, 5.41) is 0. The predicted molar refractivity (Wildman–Crippen MR) is 36.4 cm³/mol. The number of aryl methyl sites for hydroxylation is 1. The standard InChI is InChI=1S/C7H7NO2/c1-2-3-5-8-7(9)4-6-10-8/h1,4,6H,3,5H2. The molecule has 0 saturated carbocycles. The van der Waals surface area contributed by atoms with Gasteiger partial charge in [0.15, 0.2) is 0 Å². The molecule has 0 spiro atoms. The third kappa shape index (κ3) is 1.29. The molecule has 3 heteroatoms. The van der Waals surface area contributed by atoms with Gasteiger partial charge in [-0.15, -0.1) is 12.3 Å². The molecular weight excluding hydrogens is 130 g/mol. The smallest absolute Gasteiger partial charge is 0.282 e. The van der Waals surface area contributed by atoms with Crippen molar-refractivity contribution in [2.75, 3.05) is 0 Å². The highest BCUT2D eigenvalue weighted by Gasteiger charge is 1.93. The monoisotopic (exact) mass is 137 g/mol. The zero-order chi connectivity index (χ0) is 7.40. The maximum Gasteiger partial charge on any atom is 0.282 e. The van der Waals surface area contributed by atoms with Crippen LogP contribution in [0.2, 0.25) is 0 Å². The third-order valence-electron chi connectivity index (χ3n) is 1.10. The Morgan fingerprint density at radius 1 is 1.80 bits per heavy atom. The predicted octanol–water partition coefficient (Wildman–Crippen LogP) is 0.465. The Balaban J connectivity index is 2.68. The van der Waals surface area contributed by atoms with Crippen molar-refractivity contribution in [1.82, 2.24) is 4.74 Å². The van der Waals surface area contributed by atoms with Crippen LogP contribution in [0.5, 0.6) is 0 Å². The molecule has 0 aliphatic heterocycles. The molecule has 0 saturated heterocycles. The van der Waals surface area contributed by atoms with Crippen molar-refractivity contribution in [3.63, 3.8) is 0 Å². The molecular formula is C7H7NO2. The van der Waals surface area contributed by atoms with Crippen LogP contribution in [0.1, 0.15) is 6.42 Å². The molecule has 0 amide bonds. The Kier molecular flexibility index (Phi) is 1.96. The topological polar surface area (TPSA) is 35.1 Å².